The van der Waals surface area contributed by atoms with E-state index in [0.29, 0.717) is 0 Å². The number of aliphatic imine (C=N–C) groups is 1. The summed E-state index contributed by atoms with van der Waals surface area (Å²) in [6.07, 6.45) is -7.31. The predicted molar refractivity (Wildman–Crippen MR) is 173 cm³/mol. The van der Waals surface area contributed by atoms with Crippen LogP contribution in [0.3, 0.4) is 0 Å². The zero-order valence-electron chi connectivity index (χ0n) is 29.4. The SMILES string of the molecule is CC(=O)N[C@@H]1[C@@H](N/C(=N\C(=O)OC(C)(C)C)NC(=O)OC(C)(C)C)C=C(C(=O)O)O[C@@]1(C)[C@@H](OC(=O)Oc1ccc([N+](=O)[O-])cc1)[C@H]1COC(=O)O1. The van der Waals surface area contributed by atoms with Gasteiger partial charge < -0.3 is 48.9 Å². The number of benzene rings is 1. The summed E-state index contributed by atoms with van der Waals surface area (Å²) in [5.41, 5.74) is -4.56. The van der Waals surface area contributed by atoms with Gasteiger partial charge in [0.15, 0.2) is 17.8 Å². The number of carbonyl (C=O) groups is 6. The van der Waals surface area contributed by atoms with Crippen LogP contribution in [0.4, 0.5) is 24.9 Å². The number of alkyl carbamates (subject to hydrolysis) is 1. The maximum atomic E-state index is 13.2. The number of hydrogen-bond acceptors (Lipinski definition) is 15. The molecule has 0 aliphatic carbocycles. The molecule has 4 N–H and O–H groups in total. The van der Waals surface area contributed by atoms with Crippen LogP contribution < -0.4 is 20.7 Å². The second-order valence-corrected chi connectivity index (χ2v) is 13.4. The summed E-state index contributed by atoms with van der Waals surface area (Å²) >= 11 is 0. The highest BCUT2D eigenvalue weighted by atomic mass is 16.8. The van der Waals surface area contributed by atoms with E-state index in [2.05, 4.69) is 20.9 Å². The third kappa shape index (κ3) is 11.5. The number of nitro benzene ring substituents is 1. The van der Waals surface area contributed by atoms with Crippen molar-refractivity contribution in [2.45, 2.75) is 96.5 Å². The normalized spacial score (nSPS) is 22.2. The second kappa shape index (κ2) is 15.8. The topological polar surface area (TPSA) is 279 Å². The molecular formula is C31H39N5O16. The maximum Gasteiger partial charge on any atom is 0.514 e. The lowest BCUT2D eigenvalue weighted by Gasteiger charge is -2.48. The fourth-order valence-corrected chi connectivity index (χ4v) is 4.82. The van der Waals surface area contributed by atoms with Crippen molar-refractivity contribution in [3.05, 3.63) is 46.2 Å². The molecule has 21 nitrogen and oxygen atoms in total. The molecule has 1 aromatic rings. The number of nitrogens with one attached hydrogen (secondary N) is 3. The van der Waals surface area contributed by atoms with Crippen molar-refractivity contribution in [2.75, 3.05) is 6.61 Å². The molecule has 284 valence electrons. The van der Waals surface area contributed by atoms with Crippen LogP contribution >= 0.6 is 0 Å². The summed E-state index contributed by atoms with van der Waals surface area (Å²) < 4.78 is 37.2. The Bertz CT molecular complexity index is 1650. The van der Waals surface area contributed by atoms with Crippen molar-refractivity contribution in [1.82, 2.24) is 16.0 Å². The first-order chi connectivity index (χ1) is 24.0. The lowest BCUT2D eigenvalue weighted by Crippen LogP contribution is -2.71. The minimum absolute atomic E-state index is 0.205. The Morgan fingerprint density at radius 3 is 2.15 bits per heavy atom. The van der Waals surface area contributed by atoms with E-state index in [1.54, 1.807) is 41.5 Å². The summed E-state index contributed by atoms with van der Waals surface area (Å²) in [5, 5.41) is 28.6. The molecule has 0 spiro atoms. The number of rotatable bonds is 8. The summed E-state index contributed by atoms with van der Waals surface area (Å²) in [6.45, 7) is 11.1. The molecule has 1 saturated heterocycles. The highest BCUT2D eigenvalue weighted by molar-refractivity contribution is 5.99. The summed E-state index contributed by atoms with van der Waals surface area (Å²) in [6, 6.07) is 1.31. The molecule has 2 aliphatic rings. The van der Waals surface area contributed by atoms with Gasteiger partial charge in [-0.3, -0.25) is 20.2 Å². The highest BCUT2D eigenvalue weighted by Gasteiger charge is 2.58. The first-order valence-corrected chi connectivity index (χ1v) is 15.4. The third-order valence-electron chi connectivity index (χ3n) is 6.71. The van der Waals surface area contributed by atoms with E-state index >= 15 is 0 Å². The van der Waals surface area contributed by atoms with Crippen LogP contribution in [-0.2, 0) is 38.0 Å². The van der Waals surface area contributed by atoms with Crippen LogP contribution in [0.15, 0.2) is 41.1 Å². The molecule has 21 heteroatoms. The van der Waals surface area contributed by atoms with Gasteiger partial charge in [-0.25, -0.2) is 24.0 Å². The molecule has 0 aromatic heterocycles. The zero-order valence-corrected chi connectivity index (χ0v) is 29.4. The highest BCUT2D eigenvalue weighted by Crippen LogP contribution is 2.37. The van der Waals surface area contributed by atoms with Crippen LogP contribution in [0.1, 0.15) is 55.4 Å². The fourth-order valence-electron chi connectivity index (χ4n) is 4.82. The monoisotopic (exact) mass is 737 g/mol. The minimum Gasteiger partial charge on any atom is -0.475 e. The Balaban J connectivity index is 2.11. The van der Waals surface area contributed by atoms with E-state index in [4.69, 9.17) is 33.2 Å². The average Bonchev–Trinajstić information content (AvgIpc) is 3.41. The van der Waals surface area contributed by atoms with E-state index in [0.717, 1.165) is 37.3 Å². The van der Waals surface area contributed by atoms with Crippen molar-refractivity contribution >= 4 is 48.0 Å². The van der Waals surface area contributed by atoms with E-state index in [1.807, 2.05) is 0 Å². The quantitative estimate of drug-likeness (QED) is 0.0567. The summed E-state index contributed by atoms with van der Waals surface area (Å²) in [7, 11) is 0. The Morgan fingerprint density at radius 2 is 1.65 bits per heavy atom. The van der Waals surface area contributed by atoms with Crippen molar-refractivity contribution in [2.24, 2.45) is 4.99 Å². The van der Waals surface area contributed by atoms with Gasteiger partial charge in [-0.15, -0.1) is 4.99 Å². The molecule has 2 heterocycles. The number of amides is 3. The number of nitro groups is 1. The number of hydrogen-bond donors (Lipinski definition) is 4. The molecule has 52 heavy (non-hydrogen) atoms. The summed E-state index contributed by atoms with van der Waals surface area (Å²) in [5.74, 6) is -4.00. The lowest BCUT2D eigenvalue weighted by molar-refractivity contribution is -0.384. The van der Waals surface area contributed by atoms with Gasteiger partial charge in [0.1, 0.15) is 23.6 Å². The van der Waals surface area contributed by atoms with Crippen LogP contribution in [-0.4, -0.2) is 100 Å². The zero-order chi connectivity index (χ0) is 39.2. The smallest absolute Gasteiger partial charge is 0.475 e. The second-order valence-electron chi connectivity index (χ2n) is 13.4. The van der Waals surface area contributed by atoms with E-state index in [9.17, 15) is 44.0 Å². The molecule has 5 atom stereocenters. The van der Waals surface area contributed by atoms with Crippen LogP contribution in [0.25, 0.3) is 0 Å². The first-order valence-electron chi connectivity index (χ1n) is 15.4. The molecule has 1 aromatic carbocycles. The van der Waals surface area contributed by atoms with E-state index in [1.165, 1.54) is 6.92 Å². The van der Waals surface area contributed by atoms with E-state index in [-0.39, 0.29) is 11.4 Å². The molecule has 3 rings (SSSR count). The molecule has 0 saturated carbocycles. The molecule has 0 bridgehead atoms. The minimum atomic E-state index is -2.21. The Morgan fingerprint density at radius 1 is 1.04 bits per heavy atom. The van der Waals surface area contributed by atoms with Gasteiger partial charge in [-0.2, -0.15) is 0 Å². The van der Waals surface area contributed by atoms with Gasteiger partial charge >= 0.3 is 30.5 Å². The van der Waals surface area contributed by atoms with Crippen molar-refractivity contribution < 1.29 is 72.0 Å². The number of cyclic esters (lactones) is 2. The molecule has 3 amide bonds. The molecule has 0 radical (unpaired) electrons. The van der Waals surface area contributed by atoms with Crippen molar-refractivity contribution in [3.63, 3.8) is 0 Å². The lowest BCUT2D eigenvalue weighted by atomic mass is 9.80. The number of carboxylic acid groups (broad SMARTS) is 1. The number of carboxylic acids is 1. The van der Waals surface area contributed by atoms with Gasteiger partial charge in [0.05, 0.1) is 17.0 Å². The van der Waals surface area contributed by atoms with Crippen LogP contribution in [0, 0.1) is 10.1 Å². The Hall–Kier alpha value is -6.15. The van der Waals surface area contributed by atoms with Gasteiger partial charge in [0, 0.05) is 19.1 Å². The van der Waals surface area contributed by atoms with Crippen LogP contribution in [0.5, 0.6) is 5.75 Å². The number of ether oxygens (including phenoxy) is 7. The number of carbonyl (C=O) groups excluding carboxylic acids is 5. The Kier molecular flexibility index (Phi) is 12.2. The molecule has 0 unspecified atom stereocenters. The first kappa shape index (κ1) is 40.3. The summed E-state index contributed by atoms with van der Waals surface area (Å²) in [4.78, 5) is 89.9. The van der Waals surface area contributed by atoms with Crippen LogP contribution in [0.2, 0.25) is 0 Å². The molecule has 1 fully saturated rings. The van der Waals surface area contributed by atoms with Gasteiger partial charge in [-0.1, -0.05) is 0 Å². The van der Waals surface area contributed by atoms with E-state index < -0.39 is 101 Å². The Labute approximate surface area is 296 Å². The molecule has 2 aliphatic heterocycles. The van der Waals surface area contributed by atoms with Gasteiger partial charge in [-0.05, 0) is 66.7 Å². The average molecular weight is 738 g/mol. The molecular weight excluding hydrogens is 698 g/mol. The number of aliphatic carboxylic acids is 1. The largest absolute Gasteiger partial charge is 0.514 e. The number of guanidine groups is 1. The number of nitrogens with zero attached hydrogens (tertiary/aromatic N) is 2. The maximum absolute atomic E-state index is 13.2. The predicted octanol–water partition coefficient (Wildman–Crippen LogP) is 3.05. The fraction of sp³-hybridized carbons (Fsp3) is 0.516. The van der Waals surface area contributed by atoms with Gasteiger partial charge in [0.2, 0.25) is 17.6 Å². The van der Waals surface area contributed by atoms with Crippen molar-refractivity contribution in [3.8, 4) is 5.75 Å². The number of non-ortho nitro benzene ring substituents is 1. The van der Waals surface area contributed by atoms with Crippen molar-refractivity contribution in [1.29, 1.82) is 0 Å². The van der Waals surface area contributed by atoms with Gasteiger partial charge in [0.25, 0.3) is 5.69 Å². The third-order valence-corrected chi connectivity index (χ3v) is 6.71. The standard InChI is InChI=1S/C31H39N5O16/c1-15(37)32-21-18(33-24(34-25(40)51-29(2,3)4)35-26(41)52-30(5,6)7)13-19(23(38)39)50-31(21,8)22(20-14-46-27(42)48-20)49-28(43)47-17-11-9-16(10-12-17)36(44)45/h9-13,18,20-22H,14H2,1-8H3,(H,32,37)(H,38,39)(H2,33,34,35,40,41)/t18-,20+,21+,22-,31+/m0/s1.